The van der Waals surface area contributed by atoms with Gasteiger partial charge in [-0.1, -0.05) is 13.8 Å². The van der Waals surface area contributed by atoms with Crippen molar-refractivity contribution in [1.82, 2.24) is 24.1 Å². The summed E-state index contributed by atoms with van der Waals surface area (Å²) in [5, 5.41) is 9.49. The molecule has 32 heavy (non-hydrogen) atoms. The second-order valence-electron chi connectivity index (χ2n) is 8.19. The van der Waals surface area contributed by atoms with E-state index in [1.54, 1.807) is 12.4 Å². The normalized spacial score (nSPS) is 11.8. The lowest BCUT2D eigenvalue weighted by molar-refractivity contribution is -0.138. The van der Waals surface area contributed by atoms with Crippen LogP contribution in [0, 0.1) is 31.1 Å². The Morgan fingerprint density at radius 3 is 2.78 bits per heavy atom. The molecule has 9 nitrogen and oxygen atoms in total. The maximum atomic E-state index is 12.4. The van der Waals surface area contributed by atoms with Crippen molar-refractivity contribution >= 4 is 29.0 Å². The molecule has 0 atom stereocenters. The largest absolute Gasteiger partial charge is 0.462 e. The van der Waals surface area contributed by atoms with Crippen LogP contribution in [0.15, 0.2) is 24.3 Å². The van der Waals surface area contributed by atoms with Gasteiger partial charge in [-0.05, 0) is 50.3 Å². The minimum absolute atomic E-state index is 0.0114. The molecule has 2 N–H and O–H groups in total. The highest BCUT2D eigenvalue weighted by Crippen LogP contribution is 2.20. The fourth-order valence-electron chi connectivity index (χ4n) is 3.54. The first-order valence-corrected chi connectivity index (χ1v) is 10.7. The first-order valence-electron chi connectivity index (χ1n) is 10.7. The number of aryl methyl sites for hydroxylation is 2. The predicted octanol–water partition coefficient (Wildman–Crippen LogP) is 3.41. The number of nitrogen functional groups attached to an aromatic ring is 1. The maximum absolute atomic E-state index is 12.4. The van der Waals surface area contributed by atoms with E-state index in [0.717, 1.165) is 29.9 Å². The third-order valence-electron chi connectivity index (χ3n) is 5.39. The minimum Gasteiger partial charge on any atom is -0.462 e. The molecule has 3 heterocycles. The lowest BCUT2D eigenvalue weighted by Gasteiger charge is -2.11. The number of carbonyl (C=O) groups is 1. The number of anilines is 1. The molecular formula is C23H29N7O2. The van der Waals surface area contributed by atoms with Crippen LogP contribution in [0.3, 0.4) is 0 Å². The third-order valence-corrected chi connectivity index (χ3v) is 5.39. The fraction of sp³-hybridized carbons (Fsp3) is 0.435. The maximum Gasteiger partial charge on any atom is 0.348 e. The average Bonchev–Trinajstić information content (AvgIpc) is 3.29. The molecule has 0 saturated heterocycles. The minimum atomic E-state index is -0.624. The zero-order valence-electron chi connectivity index (χ0n) is 19.0. The molecule has 0 bridgehead atoms. The standard InChI is InChI=1S/C23H29N7O2/c1-15(2)6-8-30-16(3)10-18(17(30)4)11-19(12-24)23(31)32-9-5-7-29-14-28-20-21(25)26-13-27-22(20)29/h10-11,13-15H,5-9H2,1-4H3,(H2,25,26,27)/b19-11-. The summed E-state index contributed by atoms with van der Waals surface area (Å²) in [5.41, 5.74) is 9.97. The van der Waals surface area contributed by atoms with Crippen molar-refractivity contribution in [2.45, 2.75) is 53.6 Å². The smallest absolute Gasteiger partial charge is 0.348 e. The van der Waals surface area contributed by atoms with Crippen molar-refractivity contribution in [1.29, 1.82) is 5.26 Å². The van der Waals surface area contributed by atoms with Gasteiger partial charge in [0.25, 0.3) is 0 Å². The Hall–Kier alpha value is -3.67. The fourth-order valence-corrected chi connectivity index (χ4v) is 3.54. The lowest BCUT2D eigenvalue weighted by Crippen LogP contribution is -2.10. The van der Waals surface area contributed by atoms with Crippen LogP contribution in [-0.4, -0.2) is 36.7 Å². The quantitative estimate of drug-likeness (QED) is 0.236. The van der Waals surface area contributed by atoms with Crippen LogP contribution in [-0.2, 0) is 22.6 Å². The summed E-state index contributed by atoms with van der Waals surface area (Å²) in [6.07, 6.45) is 6.24. The Kier molecular flexibility index (Phi) is 7.25. The van der Waals surface area contributed by atoms with Crippen molar-refractivity contribution in [2.75, 3.05) is 12.3 Å². The van der Waals surface area contributed by atoms with E-state index in [-0.39, 0.29) is 12.2 Å². The van der Waals surface area contributed by atoms with E-state index in [1.807, 2.05) is 30.6 Å². The summed E-state index contributed by atoms with van der Waals surface area (Å²) in [6.45, 7) is 10.1. The zero-order valence-corrected chi connectivity index (χ0v) is 19.0. The number of rotatable bonds is 9. The molecule has 3 rings (SSSR count). The highest BCUT2D eigenvalue weighted by atomic mass is 16.5. The molecular weight excluding hydrogens is 406 g/mol. The highest BCUT2D eigenvalue weighted by molar-refractivity contribution is 5.98. The van der Waals surface area contributed by atoms with Gasteiger partial charge in [-0.3, -0.25) is 0 Å². The molecule has 3 aromatic heterocycles. The Morgan fingerprint density at radius 2 is 2.06 bits per heavy atom. The Bertz CT molecular complexity index is 1180. The first-order chi connectivity index (χ1) is 15.3. The number of esters is 1. The molecule has 0 aliphatic carbocycles. The number of fused-ring (bicyclic) bond motifs is 1. The van der Waals surface area contributed by atoms with E-state index in [1.165, 1.54) is 6.33 Å². The van der Waals surface area contributed by atoms with Crippen LogP contribution < -0.4 is 5.73 Å². The number of carbonyl (C=O) groups excluding carboxylic acids is 1. The molecule has 0 aliphatic rings. The molecule has 0 fully saturated rings. The number of imidazole rings is 1. The van der Waals surface area contributed by atoms with Gasteiger partial charge in [0.2, 0.25) is 0 Å². The van der Waals surface area contributed by atoms with Gasteiger partial charge >= 0.3 is 5.97 Å². The van der Waals surface area contributed by atoms with Crippen LogP contribution in [0.5, 0.6) is 0 Å². The first kappa shape index (κ1) is 23.0. The van der Waals surface area contributed by atoms with Gasteiger partial charge in [0.15, 0.2) is 11.5 Å². The van der Waals surface area contributed by atoms with E-state index >= 15 is 0 Å². The van der Waals surface area contributed by atoms with Crippen LogP contribution in [0.1, 0.15) is 43.6 Å². The van der Waals surface area contributed by atoms with Gasteiger partial charge in [0.1, 0.15) is 23.5 Å². The Labute approximate surface area is 187 Å². The molecule has 0 amide bonds. The van der Waals surface area contributed by atoms with E-state index in [9.17, 15) is 10.1 Å². The van der Waals surface area contributed by atoms with E-state index in [4.69, 9.17) is 10.5 Å². The molecule has 3 aromatic rings. The van der Waals surface area contributed by atoms with Gasteiger partial charge in [0.05, 0.1) is 12.9 Å². The van der Waals surface area contributed by atoms with Crippen LogP contribution in [0.25, 0.3) is 17.2 Å². The van der Waals surface area contributed by atoms with E-state index in [0.29, 0.717) is 35.9 Å². The van der Waals surface area contributed by atoms with E-state index in [2.05, 4.69) is 33.4 Å². The number of nitriles is 1. The number of nitrogens with zero attached hydrogens (tertiary/aromatic N) is 6. The summed E-state index contributed by atoms with van der Waals surface area (Å²) < 4.78 is 9.38. The molecule has 0 aliphatic heterocycles. The van der Waals surface area contributed by atoms with Crippen LogP contribution in [0.2, 0.25) is 0 Å². The second-order valence-corrected chi connectivity index (χ2v) is 8.19. The molecule has 9 heteroatoms. The SMILES string of the molecule is Cc1cc(/C=C(/C#N)C(=O)OCCCn2cnc3c(N)ncnc32)c(C)n1CCC(C)C. The van der Waals surface area contributed by atoms with Crippen molar-refractivity contribution in [3.05, 3.63) is 41.2 Å². The van der Waals surface area contributed by atoms with Crippen molar-refractivity contribution in [2.24, 2.45) is 5.92 Å². The number of aromatic nitrogens is 5. The zero-order chi connectivity index (χ0) is 23.3. The van der Waals surface area contributed by atoms with Crippen molar-refractivity contribution < 1.29 is 9.53 Å². The lowest BCUT2D eigenvalue weighted by atomic mass is 10.1. The number of hydrogen-bond acceptors (Lipinski definition) is 7. The van der Waals surface area contributed by atoms with Gasteiger partial charge in [-0.15, -0.1) is 0 Å². The Balaban J connectivity index is 1.60. The van der Waals surface area contributed by atoms with Gasteiger partial charge in [-0.2, -0.15) is 5.26 Å². The number of ether oxygens (including phenoxy) is 1. The predicted molar refractivity (Wildman–Crippen MR) is 122 cm³/mol. The Morgan fingerprint density at radius 1 is 1.28 bits per heavy atom. The number of hydrogen-bond donors (Lipinski definition) is 1. The third kappa shape index (κ3) is 5.14. The molecule has 168 valence electrons. The van der Waals surface area contributed by atoms with Crippen molar-refractivity contribution in [3.63, 3.8) is 0 Å². The van der Waals surface area contributed by atoms with E-state index < -0.39 is 5.97 Å². The molecule has 0 saturated carbocycles. The summed E-state index contributed by atoms with van der Waals surface area (Å²) in [6, 6.07) is 3.97. The average molecular weight is 436 g/mol. The monoisotopic (exact) mass is 435 g/mol. The molecule has 0 radical (unpaired) electrons. The summed E-state index contributed by atoms with van der Waals surface area (Å²) >= 11 is 0. The van der Waals surface area contributed by atoms with Crippen LogP contribution >= 0.6 is 0 Å². The van der Waals surface area contributed by atoms with Gasteiger partial charge < -0.3 is 19.6 Å². The number of nitrogens with two attached hydrogens (primary N) is 1. The molecule has 0 unspecified atom stereocenters. The van der Waals surface area contributed by atoms with Crippen LogP contribution in [0.4, 0.5) is 5.82 Å². The summed E-state index contributed by atoms with van der Waals surface area (Å²) in [7, 11) is 0. The topological polar surface area (TPSA) is 125 Å². The highest BCUT2D eigenvalue weighted by Gasteiger charge is 2.14. The van der Waals surface area contributed by atoms with Gasteiger partial charge in [0, 0.05) is 24.5 Å². The van der Waals surface area contributed by atoms with Crippen molar-refractivity contribution in [3.8, 4) is 6.07 Å². The summed E-state index contributed by atoms with van der Waals surface area (Å²) in [4.78, 5) is 24.8. The molecule has 0 aromatic carbocycles. The second kappa shape index (κ2) is 10.1. The molecule has 0 spiro atoms. The summed E-state index contributed by atoms with van der Waals surface area (Å²) in [5.74, 6) is 0.305. The van der Waals surface area contributed by atoms with Gasteiger partial charge in [-0.25, -0.2) is 19.7 Å².